The van der Waals surface area contributed by atoms with Crippen LogP contribution in [0.3, 0.4) is 0 Å². The van der Waals surface area contributed by atoms with E-state index in [2.05, 4.69) is 0 Å². The second-order valence-electron chi connectivity index (χ2n) is 4.97. The predicted octanol–water partition coefficient (Wildman–Crippen LogP) is 3.94. The molecule has 4 nitrogen and oxygen atoms in total. The van der Waals surface area contributed by atoms with Crippen LogP contribution in [0.15, 0.2) is 48.5 Å². The van der Waals surface area contributed by atoms with Crippen LogP contribution in [0, 0.1) is 0 Å². The van der Waals surface area contributed by atoms with Gasteiger partial charge in [-0.1, -0.05) is 6.92 Å². The zero-order chi connectivity index (χ0) is 16.7. The minimum Gasteiger partial charge on any atom is -0.494 e. The molecule has 4 heteroatoms. The summed E-state index contributed by atoms with van der Waals surface area (Å²) < 4.78 is 10.8. The second-order valence-corrected chi connectivity index (χ2v) is 4.97. The third kappa shape index (κ3) is 4.68. The third-order valence-electron chi connectivity index (χ3n) is 3.35. The topological polar surface area (TPSA) is 52.6 Å². The molecule has 0 fully saturated rings. The van der Waals surface area contributed by atoms with Crippen molar-refractivity contribution < 1.29 is 19.1 Å². The fourth-order valence-electron chi connectivity index (χ4n) is 2.08. The average molecular weight is 312 g/mol. The van der Waals surface area contributed by atoms with Crippen LogP contribution in [0.4, 0.5) is 0 Å². The first-order chi connectivity index (χ1) is 11.1. The first-order valence-corrected chi connectivity index (χ1v) is 7.66. The molecule has 2 aromatic carbocycles. The van der Waals surface area contributed by atoms with Gasteiger partial charge in [0.25, 0.3) is 0 Å². The van der Waals surface area contributed by atoms with E-state index >= 15 is 0 Å². The van der Waals surface area contributed by atoms with Crippen molar-refractivity contribution in [3.05, 3.63) is 59.7 Å². The fourth-order valence-corrected chi connectivity index (χ4v) is 2.08. The van der Waals surface area contributed by atoms with Gasteiger partial charge in [0.1, 0.15) is 11.5 Å². The second kappa shape index (κ2) is 8.13. The Morgan fingerprint density at radius 2 is 1.22 bits per heavy atom. The van der Waals surface area contributed by atoms with Crippen molar-refractivity contribution in [1.82, 2.24) is 0 Å². The lowest BCUT2D eigenvalue weighted by Crippen LogP contribution is -2.11. The number of Topliss-reactive ketones (excluding diaryl/α,β-unsaturated/α-hetero) is 2. The molecule has 0 saturated carbocycles. The summed E-state index contributed by atoms with van der Waals surface area (Å²) in [5, 5.41) is 0. The lowest BCUT2D eigenvalue weighted by molar-refractivity contribution is 0.0920. The minimum absolute atomic E-state index is 0.0466. The Hall–Kier alpha value is -2.62. The van der Waals surface area contributed by atoms with Crippen LogP contribution < -0.4 is 9.47 Å². The normalized spacial score (nSPS) is 10.2. The number of benzene rings is 2. The Labute approximate surface area is 136 Å². The summed E-state index contributed by atoms with van der Waals surface area (Å²) >= 11 is 0. The molecule has 2 aromatic rings. The van der Waals surface area contributed by atoms with Crippen molar-refractivity contribution in [1.29, 1.82) is 0 Å². The SMILES string of the molecule is CCOc1ccc(C(=O)COc2ccc(C(=O)CC)cc2)cc1. The van der Waals surface area contributed by atoms with Crippen molar-refractivity contribution in [3.8, 4) is 11.5 Å². The number of ketones is 2. The maximum absolute atomic E-state index is 12.1. The van der Waals surface area contributed by atoms with E-state index in [-0.39, 0.29) is 18.2 Å². The summed E-state index contributed by atoms with van der Waals surface area (Å²) in [6.07, 6.45) is 0.469. The molecular formula is C19H20O4. The molecule has 0 radical (unpaired) electrons. The van der Waals surface area contributed by atoms with Gasteiger partial charge in [-0.2, -0.15) is 0 Å². The Kier molecular flexibility index (Phi) is 5.92. The van der Waals surface area contributed by atoms with E-state index < -0.39 is 0 Å². The number of hydrogen-bond acceptors (Lipinski definition) is 4. The van der Waals surface area contributed by atoms with Crippen molar-refractivity contribution in [2.24, 2.45) is 0 Å². The molecule has 0 saturated heterocycles. The summed E-state index contributed by atoms with van der Waals surface area (Å²) in [7, 11) is 0. The largest absolute Gasteiger partial charge is 0.494 e. The number of carbonyl (C=O) groups excluding carboxylic acids is 2. The van der Waals surface area contributed by atoms with Crippen LogP contribution in [-0.2, 0) is 0 Å². The monoisotopic (exact) mass is 312 g/mol. The van der Waals surface area contributed by atoms with E-state index in [9.17, 15) is 9.59 Å². The van der Waals surface area contributed by atoms with Gasteiger partial charge in [0.2, 0.25) is 0 Å². The molecule has 120 valence electrons. The van der Waals surface area contributed by atoms with Crippen LogP contribution in [0.2, 0.25) is 0 Å². The van der Waals surface area contributed by atoms with Crippen LogP contribution in [-0.4, -0.2) is 24.8 Å². The molecule has 0 amide bonds. The van der Waals surface area contributed by atoms with Gasteiger partial charge in [-0.05, 0) is 55.5 Å². The van der Waals surface area contributed by atoms with Crippen molar-refractivity contribution >= 4 is 11.6 Å². The predicted molar refractivity (Wildman–Crippen MR) is 88.5 cm³/mol. The Balaban J connectivity index is 1.92. The highest BCUT2D eigenvalue weighted by molar-refractivity contribution is 5.97. The minimum atomic E-state index is -0.109. The summed E-state index contributed by atoms with van der Waals surface area (Å²) in [6.45, 7) is 4.27. The molecule has 0 aliphatic heterocycles. The lowest BCUT2D eigenvalue weighted by atomic mass is 10.1. The summed E-state index contributed by atoms with van der Waals surface area (Å²) in [6, 6.07) is 13.8. The quantitative estimate of drug-likeness (QED) is 0.693. The smallest absolute Gasteiger partial charge is 0.200 e. The number of ether oxygens (including phenoxy) is 2. The van der Waals surface area contributed by atoms with E-state index in [4.69, 9.17) is 9.47 Å². The van der Waals surface area contributed by atoms with Crippen molar-refractivity contribution in [3.63, 3.8) is 0 Å². The maximum Gasteiger partial charge on any atom is 0.200 e. The molecule has 0 atom stereocenters. The molecule has 23 heavy (non-hydrogen) atoms. The molecule has 0 spiro atoms. The summed E-state index contributed by atoms with van der Waals surface area (Å²) in [5.41, 5.74) is 1.23. The number of hydrogen-bond donors (Lipinski definition) is 0. The van der Waals surface area contributed by atoms with Crippen LogP contribution in [0.1, 0.15) is 41.0 Å². The Morgan fingerprint density at radius 3 is 1.70 bits per heavy atom. The number of carbonyl (C=O) groups is 2. The van der Waals surface area contributed by atoms with E-state index in [0.717, 1.165) is 5.75 Å². The molecule has 0 aromatic heterocycles. The van der Waals surface area contributed by atoms with Gasteiger partial charge in [-0.15, -0.1) is 0 Å². The Bertz CT molecular complexity index is 657. The van der Waals surface area contributed by atoms with Gasteiger partial charge in [0.15, 0.2) is 18.2 Å². The zero-order valence-corrected chi connectivity index (χ0v) is 13.4. The highest BCUT2D eigenvalue weighted by Crippen LogP contribution is 2.15. The van der Waals surface area contributed by atoms with E-state index in [1.807, 2.05) is 13.8 Å². The molecular weight excluding hydrogens is 292 g/mol. The first kappa shape index (κ1) is 16.7. The van der Waals surface area contributed by atoms with Gasteiger partial charge in [0.05, 0.1) is 6.61 Å². The molecule has 0 unspecified atom stereocenters. The van der Waals surface area contributed by atoms with Gasteiger partial charge in [-0.3, -0.25) is 9.59 Å². The first-order valence-electron chi connectivity index (χ1n) is 7.66. The molecule has 0 bridgehead atoms. The zero-order valence-electron chi connectivity index (χ0n) is 13.4. The van der Waals surface area contributed by atoms with Gasteiger partial charge < -0.3 is 9.47 Å². The highest BCUT2D eigenvalue weighted by atomic mass is 16.5. The highest BCUT2D eigenvalue weighted by Gasteiger charge is 2.08. The summed E-state index contributed by atoms with van der Waals surface area (Å²) in [4.78, 5) is 23.6. The van der Waals surface area contributed by atoms with Crippen LogP contribution in [0.25, 0.3) is 0 Å². The van der Waals surface area contributed by atoms with Crippen molar-refractivity contribution in [2.75, 3.05) is 13.2 Å². The molecule has 0 N–H and O–H groups in total. The summed E-state index contributed by atoms with van der Waals surface area (Å²) in [5.74, 6) is 1.28. The molecule has 0 aliphatic carbocycles. The molecule has 0 heterocycles. The van der Waals surface area contributed by atoms with Crippen LogP contribution >= 0.6 is 0 Å². The fraction of sp³-hybridized carbons (Fsp3) is 0.263. The van der Waals surface area contributed by atoms with Gasteiger partial charge in [-0.25, -0.2) is 0 Å². The Morgan fingerprint density at radius 1 is 0.739 bits per heavy atom. The third-order valence-corrected chi connectivity index (χ3v) is 3.35. The average Bonchev–Trinajstić information content (AvgIpc) is 2.60. The standard InChI is InChI=1S/C19H20O4/c1-3-18(20)14-5-11-17(12-6-14)23-13-19(21)15-7-9-16(10-8-15)22-4-2/h5-12H,3-4,13H2,1-2H3. The van der Waals surface area contributed by atoms with Crippen molar-refractivity contribution in [2.45, 2.75) is 20.3 Å². The van der Waals surface area contributed by atoms with E-state index in [1.165, 1.54) is 0 Å². The molecule has 0 aliphatic rings. The maximum atomic E-state index is 12.1. The van der Waals surface area contributed by atoms with E-state index in [0.29, 0.717) is 29.9 Å². The van der Waals surface area contributed by atoms with E-state index in [1.54, 1.807) is 48.5 Å². The number of rotatable bonds is 8. The van der Waals surface area contributed by atoms with Gasteiger partial charge >= 0.3 is 0 Å². The van der Waals surface area contributed by atoms with Crippen LogP contribution in [0.5, 0.6) is 11.5 Å². The van der Waals surface area contributed by atoms with Gasteiger partial charge in [0, 0.05) is 17.5 Å². The lowest BCUT2D eigenvalue weighted by Gasteiger charge is -2.07. The molecule has 2 rings (SSSR count).